The first-order valence-corrected chi connectivity index (χ1v) is 5.86. The maximum atomic E-state index is 12.0. The van der Waals surface area contributed by atoms with E-state index in [0.29, 0.717) is 6.04 Å². The van der Waals surface area contributed by atoms with E-state index < -0.39 is 6.36 Å². The topological polar surface area (TPSA) is 33.3 Å². The van der Waals surface area contributed by atoms with E-state index in [9.17, 15) is 13.2 Å². The number of rotatable bonds is 3. The predicted octanol–water partition coefficient (Wildman–Crippen LogP) is 3.59. The molecule has 1 fully saturated rings. The van der Waals surface area contributed by atoms with E-state index >= 15 is 0 Å². The fraction of sp³-hybridized carbons (Fsp3) is 0.500. The van der Waals surface area contributed by atoms with Crippen molar-refractivity contribution >= 4 is 30.5 Å². The first-order chi connectivity index (χ1) is 8.53. The molecule has 0 radical (unpaired) electrons. The van der Waals surface area contributed by atoms with Crippen LogP contribution in [-0.2, 0) is 0 Å². The van der Waals surface area contributed by atoms with Crippen molar-refractivity contribution < 1.29 is 17.9 Å². The molecule has 0 unspecified atom stereocenters. The molecule has 2 N–H and O–H groups in total. The van der Waals surface area contributed by atoms with E-state index in [2.05, 4.69) is 15.4 Å². The number of halogens is 5. The van der Waals surface area contributed by atoms with Gasteiger partial charge in [-0.05, 0) is 50.2 Å². The van der Waals surface area contributed by atoms with Crippen LogP contribution in [-0.4, -0.2) is 25.5 Å². The third-order valence-corrected chi connectivity index (χ3v) is 2.80. The molecule has 0 saturated carbocycles. The van der Waals surface area contributed by atoms with Crippen LogP contribution in [0.15, 0.2) is 24.3 Å². The summed E-state index contributed by atoms with van der Waals surface area (Å²) in [5.74, 6) is -0.196. The maximum absolute atomic E-state index is 12.0. The zero-order valence-corrected chi connectivity index (χ0v) is 12.2. The summed E-state index contributed by atoms with van der Waals surface area (Å²) in [6.07, 6.45) is -2.61. The zero-order valence-electron chi connectivity index (χ0n) is 10.6. The van der Waals surface area contributed by atoms with Crippen LogP contribution in [0.4, 0.5) is 18.9 Å². The Labute approximate surface area is 128 Å². The molecule has 0 bridgehead atoms. The van der Waals surface area contributed by atoms with Gasteiger partial charge in [-0.15, -0.1) is 38.0 Å². The van der Waals surface area contributed by atoms with Crippen molar-refractivity contribution in [2.24, 2.45) is 0 Å². The Hall–Kier alpha value is -0.850. The van der Waals surface area contributed by atoms with E-state index in [4.69, 9.17) is 0 Å². The molecular weight excluding hydrogens is 316 g/mol. The summed E-state index contributed by atoms with van der Waals surface area (Å²) in [5.41, 5.74) is 0.816. The van der Waals surface area contributed by atoms with Crippen molar-refractivity contribution in [2.75, 3.05) is 18.4 Å². The monoisotopic (exact) mass is 332 g/mol. The number of ether oxygens (including phenoxy) is 1. The van der Waals surface area contributed by atoms with Crippen LogP contribution in [0.1, 0.15) is 12.8 Å². The van der Waals surface area contributed by atoms with E-state index in [0.717, 1.165) is 31.6 Å². The highest BCUT2D eigenvalue weighted by Gasteiger charge is 2.30. The Morgan fingerprint density at radius 2 is 1.60 bits per heavy atom. The highest BCUT2D eigenvalue weighted by atomic mass is 35.5. The van der Waals surface area contributed by atoms with Crippen LogP contribution < -0.4 is 15.4 Å². The second-order valence-electron chi connectivity index (χ2n) is 4.24. The van der Waals surface area contributed by atoms with Crippen LogP contribution in [0.5, 0.6) is 5.75 Å². The average Bonchev–Trinajstić information content (AvgIpc) is 2.31. The van der Waals surface area contributed by atoms with E-state index in [-0.39, 0.29) is 30.6 Å². The number of benzene rings is 1. The van der Waals surface area contributed by atoms with Gasteiger partial charge in [0.1, 0.15) is 5.75 Å². The van der Waals surface area contributed by atoms with Gasteiger partial charge in [0.2, 0.25) is 0 Å². The molecule has 116 valence electrons. The molecule has 3 nitrogen and oxygen atoms in total. The Morgan fingerprint density at radius 3 is 2.10 bits per heavy atom. The van der Waals surface area contributed by atoms with Gasteiger partial charge in [-0.25, -0.2) is 0 Å². The number of alkyl halides is 3. The summed E-state index contributed by atoms with van der Waals surface area (Å²) in [7, 11) is 0. The van der Waals surface area contributed by atoms with Crippen LogP contribution in [0.2, 0.25) is 0 Å². The molecule has 1 aromatic rings. The van der Waals surface area contributed by atoms with E-state index in [1.54, 1.807) is 12.1 Å². The lowest BCUT2D eigenvalue weighted by Crippen LogP contribution is -2.35. The lowest BCUT2D eigenvalue weighted by molar-refractivity contribution is -0.274. The van der Waals surface area contributed by atoms with Gasteiger partial charge >= 0.3 is 6.36 Å². The minimum absolute atomic E-state index is 0. The SMILES string of the molecule is Cl.Cl.FC(F)(F)Oc1ccc(NC2CCNCC2)cc1. The average molecular weight is 333 g/mol. The van der Waals surface area contributed by atoms with Crippen molar-refractivity contribution in [1.29, 1.82) is 0 Å². The number of hydrogen-bond donors (Lipinski definition) is 2. The fourth-order valence-electron chi connectivity index (χ4n) is 1.95. The standard InChI is InChI=1S/C12H15F3N2O.2ClH/c13-12(14,15)18-11-3-1-9(2-4-11)17-10-5-7-16-8-6-10;;/h1-4,10,16-17H,5-8H2;2*1H. The second kappa shape index (κ2) is 8.44. The molecule has 1 aromatic carbocycles. The van der Waals surface area contributed by atoms with Gasteiger partial charge in [0.25, 0.3) is 0 Å². The van der Waals surface area contributed by atoms with Gasteiger partial charge in [0, 0.05) is 11.7 Å². The van der Waals surface area contributed by atoms with Crippen molar-refractivity contribution in [2.45, 2.75) is 25.2 Å². The normalized spacial score (nSPS) is 15.8. The molecule has 1 aliphatic rings. The lowest BCUT2D eigenvalue weighted by atomic mass is 10.1. The quantitative estimate of drug-likeness (QED) is 0.887. The third kappa shape index (κ3) is 6.54. The van der Waals surface area contributed by atoms with E-state index in [1.807, 2.05) is 0 Å². The number of anilines is 1. The lowest BCUT2D eigenvalue weighted by Gasteiger charge is -2.24. The third-order valence-electron chi connectivity index (χ3n) is 2.80. The second-order valence-corrected chi connectivity index (χ2v) is 4.24. The number of hydrogen-bond acceptors (Lipinski definition) is 3. The van der Waals surface area contributed by atoms with Crippen molar-refractivity contribution in [3.8, 4) is 5.75 Å². The van der Waals surface area contributed by atoms with Gasteiger partial charge in [-0.1, -0.05) is 0 Å². The zero-order chi connectivity index (χ0) is 13.0. The summed E-state index contributed by atoms with van der Waals surface area (Å²) in [5, 5.41) is 6.54. The Kier molecular flexibility index (Phi) is 8.08. The summed E-state index contributed by atoms with van der Waals surface area (Å²) in [6.45, 7) is 1.93. The minimum atomic E-state index is -4.63. The molecule has 0 aliphatic carbocycles. The summed E-state index contributed by atoms with van der Waals surface area (Å²) in [4.78, 5) is 0. The van der Waals surface area contributed by atoms with Crippen molar-refractivity contribution in [3.05, 3.63) is 24.3 Å². The summed E-state index contributed by atoms with van der Waals surface area (Å²) in [6, 6.07) is 6.21. The minimum Gasteiger partial charge on any atom is -0.406 e. The molecule has 1 heterocycles. The van der Waals surface area contributed by atoms with Crippen LogP contribution in [0.3, 0.4) is 0 Å². The summed E-state index contributed by atoms with van der Waals surface area (Å²) < 4.78 is 39.7. The van der Waals surface area contributed by atoms with Crippen LogP contribution >= 0.6 is 24.8 Å². The molecule has 0 spiro atoms. The molecule has 20 heavy (non-hydrogen) atoms. The fourth-order valence-corrected chi connectivity index (χ4v) is 1.95. The molecular formula is C12H17Cl2F3N2O. The molecule has 0 amide bonds. The van der Waals surface area contributed by atoms with Crippen molar-refractivity contribution in [3.63, 3.8) is 0 Å². The first-order valence-electron chi connectivity index (χ1n) is 5.86. The van der Waals surface area contributed by atoms with E-state index in [1.165, 1.54) is 12.1 Å². The van der Waals surface area contributed by atoms with Crippen molar-refractivity contribution in [1.82, 2.24) is 5.32 Å². The smallest absolute Gasteiger partial charge is 0.406 e. The molecule has 0 aromatic heterocycles. The Bertz CT molecular complexity index is 381. The van der Waals surface area contributed by atoms with Gasteiger partial charge in [0.05, 0.1) is 0 Å². The van der Waals surface area contributed by atoms with Gasteiger partial charge < -0.3 is 15.4 Å². The molecule has 2 rings (SSSR count). The molecule has 1 saturated heterocycles. The van der Waals surface area contributed by atoms with Gasteiger partial charge in [-0.2, -0.15) is 0 Å². The summed E-state index contributed by atoms with van der Waals surface area (Å²) >= 11 is 0. The number of piperidine rings is 1. The van der Waals surface area contributed by atoms with Gasteiger partial charge in [0.15, 0.2) is 0 Å². The number of nitrogens with one attached hydrogen (secondary N) is 2. The van der Waals surface area contributed by atoms with Crippen LogP contribution in [0.25, 0.3) is 0 Å². The first kappa shape index (κ1) is 19.1. The highest BCUT2D eigenvalue weighted by molar-refractivity contribution is 5.85. The highest BCUT2D eigenvalue weighted by Crippen LogP contribution is 2.24. The van der Waals surface area contributed by atoms with Gasteiger partial charge in [-0.3, -0.25) is 0 Å². The largest absolute Gasteiger partial charge is 0.573 e. The molecule has 0 atom stereocenters. The molecule has 1 aliphatic heterocycles. The molecule has 8 heteroatoms. The Morgan fingerprint density at radius 1 is 1.05 bits per heavy atom. The predicted molar refractivity (Wildman–Crippen MR) is 77.1 cm³/mol. The van der Waals surface area contributed by atoms with Crippen LogP contribution in [0, 0.1) is 0 Å². The maximum Gasteiger partial charge on any atom is 0.573 e. The Balaban J connectivity index is 0.00000180.